The molecule has 124 valence electrons. The summed E-state index contributed by atoms with van der Waals surface area (Å²) >= 11 is 0. The second-order valence-electron chi connectivity index (χ2n) is 6.35. The number of amides is 1. The maximum atomic E-state index is 12.2. The number of aryl methyl sites for hydroxylation is 1. The number of carboxylic acids is 1. The molecule has 3 rings (SSSR count). The summed E-state index contributed by atoms with van der Waals surface area (Å²) in [6, 6.07) is 15.0. The molecule has 1 aliphatic carbocycles. The number of nitrogens with one attached hydrogen (secondary N) is 1. The minimum absolute atomic E-state index is 0.0838. The number of benzene rings is 2. The summed E-state index contributed by atoms with van der Waals surface area (Å²) in [5, 5.41) is 11.9. The van der Waals surface area contributed by atoms with Crippen LogP contribution in [0.3, 0.4) is 0 Å². The number of rotatable bonds is 6. The molecule has 24 heavy (non-hydrogen) atoms. The van der Waals surface area contributed by atoms with E-state index in [2.05, 4.69) is 24.4 Å². The van der Waals surface area contributed by atoms with Crippen LogP contribution in [0.5, 0.6) is 0 Å². The first-order valence-corrected chi connectivity index (χ1v) is 8.21. The zero-order valence-electron chi connectivity index (χ0n) is 13.7. The minimum Gasteiger partial charge on any atom is -0.478 e. The molecule has 0 aromatic heterocycles. The summed E-state index contributed by atoms with van der Waals surface area (Å²) in [5.74, 6) is -0.377. The summed E-state index contributed by atoms with van der Waals surface area (Å²) < 4.78 is 0. The molecule has 1 aliphatic rings. The Morgan fingerprint density at radius 3 is 2.50 bits per heavy atom. The van der Waals surface area contributed by atoms with Crippen LogP contribution in [0.25, 0.3) is 0 Å². The number of hydrogen-bond donors (Lipinski definition) is 2. The summed E-state index contributed by atoms with van der Waals surface area (Å²) in [7, 11) is 0. The molecule has 4 nitrogen and oxygen atoms in total. The SMILES string of the molecule is Cc1ccccc1C1CC1C(=O)NCCc1ccc(C(=O)O)cc1. The molecule has 2 N–H and O–H groups in total. The highest BCUT2D eigenvalue weighted by Gasteiger charge is 2.44. The molecular formula is C20H21NO3. The van der Waals surface area contributed by atoms with Gasteiger partial charge in [0.25, 0.3) is 0 Å². The van der Waals surface area contributed by atoms with Gasteiger partial charge in [0, 0.05) is 12.5 Å². The number of carbonyl (C=O) groups excluding carboxylic acids is 1. The molecular weight excluding hydrogens is 302 g/mol. The van der Waals surface area contributed by atoms with E-state index in [1.54, 1.807) is 24.3 Å². The Kier molecular flexibility index (Phi) is 4.65. The third-order valence-electron chi connectivity index (χ3n) is 4.63. The fourth-order valence-corrected chi connectivity index (χ4v) is 3.11. The third kappa shape index (κ3) is 3.65. The van der Waals surface area contributed by atoms with Crippen LogP contribution in [0.4, 0.5) is 0 Å². The smallest absolute Gasteiger partial charge is 0.335 e. The number of carboxylic acid groups (broad SMARTS) is 1. The molecule has 2 unspecified atom stereocenters. The standard InChI is InChI=1S/C20H21NO3/c1-13-4-2-3-5-16(13)17-12-18(17)19(22)21-11-10-14-6-8-15(9-7-14)20(23)24/h2-9,17-18H,10-12H2,1H3,(H,21,22)(H,23,24). The number of hydrogen-bond acceptors (Lipinski definition) is 2. The molecule has 0 heterocycles. The average molecular weight is 323 g/mol. The highest BCUT2D eigenvalue weighted by Crippen LogP contribution is 2.48. The van der Waals surface area contributed by atoms with Crippen LogP contribution < -0.4 is 5.32 Å². The fourth-order valence-electron chi connectivity index (χ4n) is 3.11. The van der Waals surface area contributed by atoms with Crippen molar-refractivity contribution < 1.29 is 14.7 Å². The van der Waals surface area contributed by atoms with E-state index in [1.807, 2.05) is 12.1 Å². The van der Waals surface area contributed by atoms with Crippen molar-refractivity contribution in [2.45, 2.75) is 25.7 Å². The number of carbonyl (C=O) groups is 2. The van der Waals surface area contributed by atoms with Crippen LogP contribution in [0, 0.1) is 12.8 Å². The van der Waals surface area contributed by atoms with E-state index in [4.69, 9.17) is 5.11 Å². The van der Waals surface area contributed by atoms with Gasteiger partial charge in [-0.25, -0.2) is 4.79 Å². The van der Waals surface area contributed by atoms with Gasteiger partial charge in [-0.2, -0.15) is 0 Å². The van der Waals surface area contributed by atoms with Crippen LogP contribution in [0.1, 0.15) is 39.4 Å². The van der Waals surface area contributed by atoms with Crippen molar-refractivity contribution >= 4 is 11.9 Å². The molecule has 2 aromatic rings. The van der Waals surface area contributed by atoms with Crippen molar-refractivity contribution in [1.29, 1.82) is 0 Å². The first kappa shape index (κ1) is 16.2. The summed E-state index contributed by atoms with van der Waals surface area (Å²) in [5.41, 5.74) is 3.83. The van der Waals surface area contributed by atoms with Crippen LogP contribution in [0.2, 0.25) is 0 Å². The first-order valence-electron chi connectivity index (χ1n) is 8.21. The topological polar surface area (TPSA) is 66.4 Å². The van der Waals surface area contributed by atoms with Gasteiger partial charge in [0.1, 0.15) is 0 Å². The van der Waals surface area contributed by atoms with Gasteiger partial charge < -0.3 is 10.4 Å². The van der Waals surface area contributed by atoms with Crippen molar-refractivity contribution in [2.24, 2.45) is 5.92 Å². The summed E-state index contributed by atoms with van der Waals surface area (Å²) in [6.07, 6.45) is 1.62. The molecule has 0 radical (unpaired) electrons. The largest absolute Gasteiger partial charge is 0.478 e. The maximum absolute atomic E-state index is 12.2. The maximum Gasteiger partial charge on any atom is 0.335 e. The van der Waals surface area contributed by atoms with Gasteiger partial charge in [0.2, 0.25) is 5.91 Å². The molecule has 1 saturated carbocycles. The van der Waals surface area contributed by atoms with Gasteiger partial charge in [0.05, 0.1) is 5.56 Å². The van der Waals surface area contributed by atoms with E-state index in [0.717, 1.165) is 12.0 Å². The van der Waals surface area contributed by atoms with E-state index in [-0.39, 0.29) is 17.4 Å². The van der Waals surface area contributed by atoms with Gasteiger partial charge >= 0.3 is 5.97 Å². The molecule has 0 saturated heterocycles. The Bertz CT molecular complexity index is 752. The lowest BCUT2D eigenvalue weighted by atomic mass is 10.0. The summed E-state index contributed by atoms with van der Waals surface area (Å²) in [6.45, 7) is 2.66. The van der Waals surface area contributed by atoms with Crippen molar-refractivity contribution in [3.63, 3.8) is 0 Å². The quantitative estimate of drug-likeness (QED) is 0.858. The second kappa shape index (κ2) is 6.87. The first-order chi connectivity index (χ1) is 11.6. The Morgan fingerprint density at radius 2 is 1.83 bits per heavy atom. The van der Waals surface area contributed by atoms with Crippen molar-refractivity contribution in [3.05, 3.63) is 70.8 Å². The van der Waals surface area contributed by atoms with Crippen LogP contribution >= 0.6 is 0 Å². The van der Waals surface area contributed by atoms with Gasteiger partial charge in [-0.05, 0) is 54.5 Å². The lowest BCUT2D eigenvalue weighted by molar-refractivity contribution is -0.122. The van der Waals surface area contributed by atoms with E-state index in [0.29, 0.717) is 18.9 Å². The predicted molar refractivity (Wildman–Crippen MR) is 92.1 cm³/mol. The zero-order chi connectivity index (χ0) is 17.1. The Hall–Kier alpha value is -2.62. The Morgan fingerprint density at radius 1 is 1.12 bits per heavy atom. The fraction of sp³-hybridized carbons (Fsp3) is 0.300. The molecule has 4 heteroatoms. The molecule has 1 fully saturated rings. The monoisotopic (exact) mass is 323 g/mol. The Labute approximate surface area is 141 Å². The average Bonchev–Trinajstić information content (AvgIpc) is 3.36. The predicted octanol–water partition coefficient (Wildman–Crippen LogP) is 3.16. The molecule has 0 spiro atoms. The normalized spacial score (nSPS) is 18.9. The van der Waals surface area contributed by atoms with E-state index in [9.17, 15) is 9.59 Å². The molecule has 2 aromatic carbocycles. The van der Waals surface area contributed by atoms with E-state index in [1.165, 1.54) is 11.1 Å². The van der Waals surface area contributed by atoms with Crippen molar-refractivity contribution in [3.8, 4) is 0 Å². The van der Waals surface area contributed by atoms with Crippen molar-refractivity contribution in [2.75, 3.05) is 6.54 Å². The highest BCUT2D eigenvalue weighted by atomic mass is 16.4. The minimum atomic E-state index is -0.925. The molecule has 0 bridgehead atoms. The molecule has 1 amide bonds. The highest BCUT2D eigenvalue weighted by molar-refractivity contribution is 5.87. The lowest BCUT2D eigenvalue weighted by Gasteiger charge is -2.07. The van der Waals surface area contributed by atoms with Crippen LogP contribution in [-0.4, -0.2) is 23.5 Å². The zero-order valence-corrected chi connectivity index (χ0v) is 13.7. The van der Waals surface area contributed by atoms with Gasteiger partial charge in [-0.1, -0.05) is 36.4 Å². The van der Waals surface area contributed by atoms with Crippen LogP contribution in [0.15, 0.2) is 48.5 Å². The van der Waals surface area contributed by atoms with Gasteiger partial charge in [-0.15, -0.1) is 0 Å². The van der Waals surface area contributed by atoms with E-state index >= 15 is 0 Å². The Balaban J connectivity index is 1.47. The van der Waals surface area contributed by atoms with Crippen LogP contribution in [-0.2, 0) is 11.2 Å². The van der Waals surface area contributed by atoms with Gasteiger partial charge in [0.15, 0.2) is 0 Å². The van der Waals surface area contributed by atoms with Gasteiger partial charge in [-0.3, -0.25) is 4.79 Å². The third-order valence-corrected chi connectivity index (χ3v) is 4.63. The summed E-state index contributed by atoms with van der Waals surface area (Å²) in [4.78, 5) is 23.1. The van der Waals surface area contributed by atoms with Crippen molar-refractivity contribution in [1.82, 2.24) is 5.32 Å². The second-order valence-corrected chi connectivity index (χ2v) is 6.35. The molecule has 2 atom stereocenters. The lowest BCUT2D eigenvalue weighted by Crippen LogP contribution is -2.27. The number of aromatic carboxylic acids is 1. The van der Waals surface area contributed by atoms with E-state index < -0.39 is 5.97 Å². The molecule has 0 aliphatic heterocycles.